The predicted molar refractivity (Wildman–Crippen MR) is 374 cm³/mol. The fourth-order valence-corrected chi connectivity index (χ4v) is 15.4. The van der Waals surface area contributed by atoms with Crippen LogP contribution in [0.5, 0.6) is 0 Å². The molecule has 0 bridgehead atoms. The minimum atomic E-state index is -0.106. The molecule has 0 amide bonds. The zero-order chi connectivity index (χ0) is 58.8. The van der Waals surface area contributed by atoms with E-state index in [9.17, 15) is 0 Å². The highest BCUT2D eigenvalue weighted by Crippen LogP contribution is 2.49. The Balaban J connectivity index is 1.10. The molecule has 0 spiro atoms. The number of benzene rings is 13. The van der Waals surface area contributed by atoms with Gasteiger partial charge in [-0.2, -0.15) is 0 Å². The molecule has 0 fully saturated rings. The first-order valence-electron chi connectivity index (χ1n) is 31.1. The van der Waals surface area contributed by atoms with E-state index >= 15 is 0 Å². The monoisotopic (exact) mass is 1110 g/mol. The number of rotatable bonds is 3. The number of aromatic nitrogens is 2. The highest BCUT2D eigenvalue weighted by molar-refractivity contribution is 7.00. The van der Waals surface area contributed by atoms with Crippen molar-refractivity contribution >= 4 is 148 Å². The summed E-state index contributed by atoms with van der Waals surface area (Å²) in [7, 11) is 0. The zero-order valence-corrected chi connectivity index (χ0v) is 51.5. The van der Waals surface area contributed by atoms with Crippen molar-refractivity contribution in [1.82, 2.24) is 9.13 Å². The van der Waals surface area contributed by atoms with Gasteiger partial charge in [0.05, 0.1) is 27.8 Å². The van der Waals surface area contributed by atoms with Gasteiger partial charge in [0.15, 0.2) is 0 Å². The van der Waals surface area contributed by atoms with Crippen molar-refractivity contribution in [2.75, 3.05) is 4.90 Å². The lowest BCUT2D eigenvalue weighted by atomic mass is 9.34. The molecule has 0 radical (unpaired) electrons. The molecule has 4 heteroatoms. The summed E-state index contributed by atoms with van der Waals surface area (Å²) in [4.78, 5) is 2.54. The second-order valence-corrected chi connectivity index (χ2v) is 29.4. The van der Waals surface area contributed by atoms with Crippen LogP contribution in [0.4, 0.5) is 17.1 Å². The SMILES string of the molecule is CC(C)(C)c1ccc2c(ccc3c2c2c4ccc(C(C)(C)C)cc4cc4c2n3-c2cc(N(c3ccc5ccccc5c3)c3ccc5ccccc5c3)cc3c2B4c2cc4cc(C(C)(C)C)ccc4c4c5c6ccc(C(C)(C)C)cc6ccc5n-3c24)c1. The molecule has 86 heavy (non-hydrogen) atoms. The van der Waals surface area contributed by atoms with Gasteiger partial charge in [-0.25, -0.2) is 0 Å². The third kappa shape index (κ3) is 7.29. The maximum absolute atomic E-state index is 2.71. The van der Waals surface area contributed by atoms with Gasteiger partial charge >= 0.3 is 0 Å². The first-order chi connectivity index (χ1) is 41.2. The topological polar surface area (TPSA) is 13.1 Å². The van der Waals surface area contributed by atoms with Crippen LogP contribution >= 0.6 is 0 Å². The molecular formula is C82H70BN3. The molecule has 416 valence electrons. The van der Waals surface area contributed by atoms with Crippen molar-refractivity contribution in [3.8, 4) is 11.4 Å². The Bertz CT molecular complexity index is 5190. The molecule has 2 aliphatic heterocycles. The smallest absolute Gasteiger partial charge is 0.252 e. The van der Waals surface area contributed by atoms with E-state index in [1.807, 2.05) is 0 Å². The van der Waals surface area contributed by atoms with Crippen LogP contribution in [-0.2, 0) is 21.7 Å². The predicted octanol–water partition coefficient (Wildman–Crippen LogP) is 20.6. The van der Waals surface area contributed by atoms with Crippen molar-refractivity contribution in [3.05, 3.63) is 229 Å². The second-order valence-electron chi connectivity index (χ2n) is 29.4. The Morgan fingerprint density at radius 2 is 0.640 bits per heavy atom. The summed E-state index contributed by atoms with van der Waals surface area (Å²) in [5.41, 5.74) is 20.2. The van der Waals surface area contributed by atoms with E-state index < -0.39 is 0 Å². The van der Waals surface area contributed by atoms with Gasteiger partial charge in [-0.05, 0) is 173 Å². The van der Waals surface area contributed by atoms with Crippen molar-refractivity contribution in [3.63, 3.8) is 0 Å². The molecular weight excluding hydrogens is 1040 g/mol. The van der Waals surface area contributed by atoms with Gasteiger partial charge in [0, 0.05) is 44.3 Å². The Kier molecular flexibility index (Phi) is 10.3. The standard InChI is InChI=1S/C82H70BN3/c1-79(2,3)55-25-31-62-51(37-55)23-35-68-72(62)74-64-33-27-57(81(7,8)9)39-53(64)43-66-77(74)85(68)70-45-61(84(59-29-21-47-17-13-15-19-49(47)41-59)60-30-22-48-18-14-16-20-50(48)42-60)46-71-76(70)83(66)67-44-54-40-58(82(10,11)12)28-34-65(54)75-73-63-32-26-56(80(4,5)6)38-52(63)24-36-69(73)86(71)78(67)75/h13-46H,1-12H3. The minimum Gasteiger partial charge on any atom is -0.310 e. The summed E-state index contributed by atoms with van der Waals surface area (Å²) in [5.74, 6) is 0. The molecule has 0 atom stereocenters. The van der Waals surface area contributed by atoms with Gasteiger partial charge in [-0.15, -0.1) is 0 Å². The zero-order valence-electron chi connectivity index (χ0n) is 51.5. The van der Waals surface area contributed by atoms with E-state index in [-0.39, 0.29) is 28.4 Å². The van der Waals surface area contributed by atoms with Crippen LogP contribution in [0.3, 0.4) is 0 Å². The number of hydrogen-bond acceptors (Lipinski definition) is 1. The highest BCUT2D eigenvalue weighted by atomic mass is 15.2. The van der Waals surface area contributed by atoms with E-state index in [1.165, 1.54) is 158 Å². The van der Waals surface area contributed by atoms with E-state index in [1.54, 1.807) is 0 Å². The van der Waals surface area contributed by atoms with Crippen LogP contribution in [0, 0.1) is 0 Å². The van der Waals surface area contributed by atoms with Crippen molar-refractivity contribution in [2.45, 2.75) is 105 Å². The second kappa shape index (κ2) is 17.3. The first kappa shape index (κ1) is 51.3. The van der Waals surface area contributed by atoms with Gasteiger partial charge < -0.3 is 14.0 Å². The quantitative estimate of drug-likeness (QED) is 0.161. The van der Waals surface area contributed by atoms with Gasteiger partial charge in [0.1, 0.15) is 0 Å². The fourth-order valence-electron chi connectivity index (χ4n) is 15.4. The van der Waals surface area contributed by atoms with Crippen molar-refractivity contribution in [1.29, 1.82) is 0 Å². The lowest BCUT2D eigenvalue weighted by molar-refractivity contribution is 0.591. The molecule has 2 aromatic heterocycles. The van der Waals surface area contributed by atoms with Gasteiger partial charge in [0.25, 0.3) is 6.71 Å². The molecule has 4 heterocycles. The molecule has 2 aliphatic rings. The highest BCUT2D eigenvalue weighted by Gasteiger charge is 2.43. The normalized spacial score (nSPS) is 13.6. The minimum absolute atomic E-state index is 0.000646. The summed E-state index contributed by atoms with van der Waals surface area (Å²) in [6.07, 6.45) is 0. The van der Waals surface area contributed by atoms with E-state index in [4.69, 9.17) is 0 Å². The Morgan fingerprint density at radius 1 is 0.291 bits per heavy atom. The van der Waals surface area contributed by atoms with E-state index in [0.717, 1.165) is 17.1 Å². The third-order valence-electron chi connectivity index (χ3n) is 19.9. The molecule has 15 aromatic rings. The molecule has 0 N–H and O–H groups in total. The summed E-state index contributed by atoms with van der Waals surface area (Å²) < 4.78 is 5.42. The van der Waals surface area contributed by atoms with Gasteiger partial charge in [0.2, 0.25) is 0 Å². The van der Waals surface area contributed by atoms with Crippen molar-refractivity contribution in [2.24, 2.45) is 0 Å². The maximum Gasteiger partial charge on any atom is 0.252 e. The summed E-state index contributed by atoms with van der Waals surface area (Å²) >= 11 is 0. The molecule has 0 unspecified atom stereocenters. The Hall–Kier alpha value is -9.12. The summed E-state index contributed by atoms with van der Waals surface area (Å²) in [5, 5.41) is 20.5. The van der Waals surface area contributed by atoms with Gasteiger partial charge in [-0.3, -0.25) is 0 Å². The van der Waals surface area contributed by atoms with Crippen LogP contribution in [0.15, 0.2) is 206 Å². The number of nitrogens with zero attached hydrogens (tertiary/aromatic N) is 3. The summed E-state index contributed by atoms with van der Waals surface area (Å²) in [6, 6.07) is 81.0. The Labute approximate surface area is 504 Å². The van der Waals surface area contributed by atoms with E-state index in [0.29, 0.717) is 0 Å². The number of anilines is 3. The number of fused-ring (bicyclic) bond motifs is 20. The molecule has 3 nitrogen and oxygen atoms in total. The lowest BCUT2D eigenvalue weighted by Gasteiger charge is -2.36. The molecule has 17 rings (SSSR count). The lowest BCUT2D eigenvalue weighted by Crippen LogP contribution is -2.59. The third-order valence-corrected chi connectivity index (χ3v) is 19.9. The molecule has 0 aliphatic carbocycles. The van der Waals surface area contributed by atoms with Crippen LogP contribution in [0.1, 0.15) is 105 Å². The largest absolute Gasteiger partial charge is 0.310 e. The average molecular weight is 1110 g/mol. The van der Waals surface area contributed by atoms with Crippen LogP contribution < -0.4 is 21.3 Å². The van der Waals surface area contributed by atoms with Gasteiger partial charge in [-0.1, -0.05) is 241 Å². The average Bonchev–Trinajstić information content (AvgIpc) is 1.44. The Morgan fingerprint density at radius 3 is 1.02 bits per heavy atom. The van der Waals surface area contributed by atoms with Crippen molar-refractivity contribution < 1.29 is 0 Å². The molecule has 13 aromatic carbocycles. The fraction of sp³-hybridized carbons (Fsp3) is 0.195. The van der Waals surface area contributed by atoms with Crippen LogP contribution in [0.2, 0.25) is 0 Å². The molecule has 0 saturated heterocycles. The van der Waals surface area contributed by atoms with Crippen LogP contribution in [0.25, 0.3) is 120 Å². The van der Waals surface area contributed by atoms with Crippen LogP contribution in [-0.4, -0.2) is 15.8 Å². The van der Waals surface area contributed by atoms with E-state index in [2.05, 4.69) is 303 Å². The molecule has 0 saturated carbocycles. The first-order valence-corrected chi connectivity index (χ1v) is 31.1. The summed E-state index contributed by atoms with van der Waals surface area (Å²) in [6.45, 7) is 28.0. The maximum atomic E-state index is 2.71. The number of hydrogen-bond donors (Lipinski definition) is 0.